The molecule has 2 fully saturated rings. The summed E-state index contributed by atoms with van der Waals surface area (Å²) in [7, 11) is 0. The van der Waals surface area contributed by atoms with E-state index in [2.05, 4.69) is 20.9 Å². The Bertz CT molecular complexity index is 479. The average molecular weight is 270 g/mol. The summed E-state index contributed by atoms with van der Waals surface area (Å²) in [6.07, 6.45) is 8.84. The van der Waals surface area contributed by atoms with E-state index < -0.39 is 0 Å². The van der Waals surface area contributed by atoms with E-state index in [0.29, 0.717) is 5.56 Å². The van der Waals surface area contributed by atoms with Gasteiger partial charge < -0.3 is 4.90 Å². The Morgan fingerprint density at radius 3 is 2.60 bits per heavy atom. The summed E-state index contributed by atoms with van der Waals surface area (Å²) in [6, 6.07) is 4.92. The molecule has 0 amide bonds. The molecule has 1 aromatic heterocycles. The maximum absolute atomic E-state index is 8.91. The van der Waals surface area contributed by atoms with E-state index in [1.807, 2.05) is 12.3 Å². The minimum absolute atomic E-state index is 0.662. The van der Waals surface area contributed by atoms with Gasteiger partial charge in [-0.15, -0.1) is 0 Å². The molecule has 0 N–H and O–H groups in total. The zero-order valence-corrected chi connectivity index (χ0v) is 12.0. The van der Waals surface area contributed by atoms with Crippen LogP contribution in [0.4, 0.5) is 0 Å². The van der Waals surface area contributed by atoms with E-state index in [9.17, 15) is 0 Å². The van der Waals surface area contributed by atoms with Crippen molar-refractivity contribution in [2.75, 3.05) is 26.2 Å². The Labute approximate surface area is 121 Å². The number of aromatic nitrogens is 1. The highest BCUT2D eigenvalue weighted by Crippen LogP contribution is 2.22. The van der Waals surface area contributed by atoms with E-state index in [1.54, 1.807) is 6.20 Å². The molecular weight excluding hydrogens is 248 g/mol. The van der Waals surface area contributed by atoms with E-state index in [4.69, 9.17) is 5.26 Å². The van der Waals surface area contributed by atoms with Gasteiger partial charge in [-0.1, -0.05) is 0 Å². The molecule has 4 nitrogen and oxygen atoms in total. The maximum Gasteiger partial charge on any atom is 0.101 e. The lowest BCUT2D eigenvalue weighted by atomic mass is 10.0. The number of pyridine rings is 1. The smallest absolute Gasteiger partial charge is 0.101 e. The number of likely N-dealkylation sites (tertiary alicyclic amines) is 2. The van der Waals surface area contributed by atoms with Crippen molar-refractivity contribution in [1.29, 1.82) is 5.26 Å². The Morgan fingerprint density at radius 1 is 1.15 bits per heavy atom. The highest BCUT2D eigenvalue weighted by atomic mass is 15.2. The number of rotatable bonds is 3. The lowest BCUT2D eigenvalue weighted by Crippen LogP contribution is -2.43. The summed E-state index contributed by atoms with van der Waals surface area (Å²) in [5, 5.41) is 8.91. The molecule has 0 aliphatic carbocycles. The normalized spacial score (nSPS) is 21.9. The summed E-state index contributed by atoms with van der Waals surface area (Å²) >= 11 is 0. The van der Waals surface area contributed by atoms with Crippen molar-refractivity contribution in [1.82, 2.24) is 14.8 Å². The summed E-state index contributed by atoms with van der Waals surface area (Å²) in [6.45, 7) is 5.86. The van der Waals surface area contributed by atoms with Gasteiger partial charge in [0, 0.05) is 25.0 Å². The largest absolute Gasteiger partial charge is 0.300 e. The molecule has 0 unspecified atom stereocenters. The molecule has 3 heterocycles. The van der Waals surface area contributed by atoms with Crippen LogP contribution in [0.5, 0.6) is 0 Å². The van der Waals surface area contributed by atoms with Crippen molar-refractivity contribution in [3.63, 3.8) is 0 Å². The third kappa shape index (κ3) is 3.17. The van der Waals surface area contributed by atoms with Gasteiger partial charge >= 0.3 is 0 Å². The summed E-state index contributed by atoms with van der Waals surface area (Å²) < 4.78 is 0. The monoisotopic (exact) mass is 270 g/mol. The fourth-order valence-electron chi connectivity index (χ4n) is 3.44. The van der Waals surface area contributed by atoms with Gasteiger partial charge in [0.1, 0.15) is 6.07 Å². The van der Waals surface area contributed by atoms with Gasteiger partial charge in [0.2, 0.25) is 0 Å². The summed E-state index contributed by atoms with van der Waals surface area (Å²) in [4.78, 5) is 9.31. The first-order valence-electron chi connectivity index (χ1n) is 7.65. The molecule has 1 aromatic rings. The minimum Gasteiger partial charge on any atom is -0.300 e. The molecule has 2 saturated heterocycles. The van der Waals surface area contributed by atoms with Crippen LogP contribution in [-0.2, 0) is 6.54 Å². The molecule has 3 rings (SSSR count). The minimum atomic E-state index is 0.662. The molecule has 2 aliphatic rings. The van der Waals surface area contributed by atoms with Gasteiger partial charge in [0.15, 0.2) is 0 Å². The lowest BCUT2D eigenvalue weighted by Gasteiger charge is -2.36. The van der Waals surface area contributed by atoms with Gasteiger partial charge in [0.25, 0.3) is 0 Å². The molecule has 4 heteroatoms. The van der Waals surface area contributed by atoms with Crippen molar-refractivity contribution in [2.24, 2.45) is 0 Å². The van der Waals surface area contributed by atoms with Crippen LogP contribution in [0.3, 0.4) is 0 Å². The fourth-order valence-corrected chi connectivity index (χ4v) is 3.44. The highest BCUT2D eigenvalue weighted by Gasteiger charge is 2.26. The molecule has 20 heavy (non-hydrogen) atoms. The third-order valence-electron chi connectivity index (χ3n) is 4.54. The van der Waals surface area contributed by atoms with Gasteiger partial charge in [-0.05, 0) is 63.5 Å². The topological polar surface area (TPSA) is 43.2 Å². The van der Waals surface area contributed by atoms with Crippen molar-refractivity contribution < 1.29 is 0 Å². The van der Waals surface area contributed by atoms with Crippen LogP contribution < -0.4 is 0 Å². The molecular formula is C16H22N4. The summed E-state index contributed by atoms with van der Waals surface area (Å²) in [5.74, 6) is 0. The van der Waals surface area contributed by atoms with E-state index in [1.165, 1.54) is 38.8 Å². The second-order valence-electron chi connectivity index (χ2n) is 5.94. The van der Waals surface area contributed by atoms with Crippen molar-refractivity contribution in [2.45, 2.75) is 38.3 Å². The third-order valence-corrected chi connectivity index (χ3v) is 4.54. The van der Waals surface area contributed by atoms with Crippen LogP contribution >= 0.6 is 0 Å². The summed E-state index contributed by atoms with van der Waals surface area (Å²) in [5.41, 5.74) is 1.82. The zero-order valence-electron chi connectivity index (χ0n) is 12.0. The molecule has 0 bridgehead atoms. The van der Waals surface area contributed by atoms with Crippen LogP contribution in [0.15, 0.2) is 18.5 Å². The standard InChI is InChI=1S/C16H22N4/c17-10-14-9-15(12-18-11-14)13-19-7-3-16(4-8-19)20-5-1-2-6-20/h9,11-12,16H,1-8,13H2. The first-order valence-corrected chi connectivity index (χ1v) is 7.65. The Morgan fingerprint density at radius 2 is 1.90 bits per heavy atom. The van der Waals surface area contributed by atoms with Crippen molar-refractivity contribution in [3.05, 3.63) is 29.6 Å². The Balaban J connectivity index is 1.52. The Kier molecular flexibility index (Phi) is 4.29. The van der Waals surface area contributed by atoms with Crippen LogP contribution in [0, 0.1) is 11.3 Å². The number of piperidine rings is 1. The van der Waals surface area contributed by atoms with Crippen LogP contribution in [0.2, 0.25) is 0 Å². The lowest BCUT2D eigenvalue weighted by molar-refractivity contribution is 0.122. The molecule has 106 valence electrons. The van der Waals surface area contributed by atoms with Crippen molar-refractivity contribution in [3.8, 4) is 6.07 Å². The second-order valence-corrected chi connectivity index (χ2v) is 5.94. The Hall–Kier alpha value is -1.44. The predicted octanol–water partition coefficient (Wildman–Crippen LogP) is 2.01. The van der Waals surface area contributed by atoms with Gasteiger partial charge in [-0.25, -0.2) is 0 Å². The van der Waals surface area contributed by atoms with E-state index in [0.717, 1.165) is 31.2 Å². The molecule has 0 atom stereocenters. The van der Waals surface area contributed by atoms with Crippen LogP contribution in [0.25, 0.3) is 0 Å². The number of hydrogen-bond donors (Lipinski definition) is 0. The van der Waals surface area contributed by atoms with E-state index >= 15 is 0 Å². The molecule has 0 spiro atoms. The zero-order chi connectivity index (χ0) is 13.8. The molecule has 0 aromatic carbocycles. The van der Waals surface area contributed by atoms with Gasteiger partial charge in [-0.3, -0.25) is 9.88 Å². The predicted molar refractivity (Wildman–Crippen MR) is 78.1 cm³/mol. The molecule has 0 saturated carbocycles. The quantitative estimate of drug-likeness (QED) is 0.842. The van der Waals surface area contributed by atoms with Crippen LogP contribution in [0.1, 0.15) is 36.8 Å². The fraction of sp³-hybridized carbons (Fsp3) is 0.625. The molecule has 2 aliphatic heterocycles. The number of hydrogen-bond acceptors (Lipinski definition) is 4. The van der Waals surface area contributed by atoms with Crippen LogP contribution in [-0.4, -0.2) is 47.0 Å². The SMILES string of the molecule is N#Cc1cncc(CN2CCC(N3CCCC3)CC2)c1. The first kappa shape index (κ1) is 13.5. The number of nitriles is 1. The average Bonchev–Trinajstić information content (AvgIpc) is 3.02. The van der Waals surface area contributed by atoms with Gasteiger partial charge in [0.05, 0.1) is 5.56 Å². The maximum atomic E-state index is 8.91. The van der Waals surface area contributed by atoms with Gasteiger partial charge in [-0.2, -0.15) is 5.26 Å². The van der Waals surface area contributed by atoms with Crippen molar-refractivity contribution >= 4 is 0 Å². The highest BCUT2D eigenvalue weighted by molar-refractivity contribution is 5.28. The first-order chi connectivity index (χ1) is 9.85. The second kappa shape index (κ2) is 6.34. The van der Waals surface area contributed by atoms with E-state index in [-0.39, 0.29) is 0 Å². The molecule has 0 radical (unpaired) electrons. The number of nitrogens with zero attached hydrogens (tertiary/aromatic N) is 4.